The number of anilines is 1. The Bertz CT molecular complexity index is 1060. The van der Waals surface area contributed by atoms with E-state index in [1.165, 1.54) is 40.6 Å². The van der Waals surface area contributed by atoms with Crippen LogP contribution in [0.4, 0.5) is 5.82 Å². The number of hydrogen-bond acceptors (Lipinski definition) is 9. The Balaban J connectivity index is 1.91. The highest BCUT2D eigenvalue weighted by Gasteiger charge is 2.53. The Labute approximate surface area is 162 Å². The normalized spacial score (nSPS) is 27.5. The van der Waals surface area contributed by atoms with Crippen LogP contribution < -0.4 is 5.73 Å². The molecule has 0 radical (unpaired) electrons. The number of hydrogen-bond donors (Lipinski definition) is 5. The molecule has 0 aromatic carbocycles. The molecule has 3 aromatic heterocycles. The number of ether oxygens (including phenoxy) is 1. The van der Waals surface area contributed by atoms with Gasteiger partial charge in [0.25, 0.3) is 0 Å². The van der Waals surface area contributed by atoms with E-state index in [2.05, 4.69) is 9.97 Å². The van der Waals surface area contributed by atoms with Crippen molar-refractivity contribution >= 4 is 34.2 Å². The number of aliphatic hydroxyl groups excluding tert-OH is 2. The maximum Gasteiger partial charge on any atom is 0.336 e. The van der Waals surface area contributed by atoms with Gasteiger partial charge in [0.1, 0.15) is 35.6 Å². The molecule has 1 saturated heterocycles. The highest BCUT2D eigenvalue weighted by Crippen LogP contribution is 2.43. The number of carboxylic acid groups (broad SMARTS) is 1. The Kier molecular flexibility index (Phi) is 4.36. The van der Waals surface area contributed by atoms with Gasteiger partial charge < -0.3 is 35.5 Å². The summed E-state index contributed by atoms with van der Waals surface area (Å²) in [7, 11) is 0. The molecule has 1 aliphatic heterocycles. The zero-order valence-electron chi connectivity index (χ0n) is 14.7. The molecule has 4 rings (SSSR count). The lowest BCUT2D eigenvalue weighted by atomic mass is 9.96. The van der Waals surface area contributed by atoms with Crippen LogP contribution >= 0.6 is 11.3 Å². The Morgan fingerprint density at radius 2 is 2.21 bits per heavy atom. The minimum Gasteiger partial charge on any atom is -0.478 e. The molecule has 3 aromatic rings. The Hall–Kier alpha value is -2.57. The SMILES string of the molecule is C[C@]1(O)C(O)C(CO)O[C@H]1n1cc(-c2cc(C(=O)O)cs2)c2c(N)ncnc21. The Morgan fingerprint density at radius 1 is 1.46 bits per heavy atom. The van der Waals surface area contributed by atoms with Gasteiger partial charge in [0.2, 0.25) is 0 Å². The Morgan fingerprint density at radius 3 is 2.82 bits per heavy atom. The summed E-state index contributed by atoms with van der Waals surface area (Å²) in [5, 5.41) is 41.7. The van der Waals surface area contributed by atoms with E-state index in [0.29, 0.717) is 21.5 Å². The fourth-order valence-electron chi connectivity index (χ4n) is 3.45. The van der Waals surface area contributed by atoms with Gasteiger partial charge in [-0.1, -0.05) is 0 Å². The first-order valence-electron chi connectivity index (χ1n) is 8.35. The van der Waals surface area contributed by atoms with Crippen molar-refractivity contribution in [1.29, 1.82) is 0 Å². The number of rotatable bonds is 4. The summed E-state index contributed by atoms with van der Waals surface area (Å²) in [6.45, 7) is 0.936. The fourth-order valence-corrected chi connectivity index (χ4v) is 4.35. The minimum atomic E-state index is -1.71. The summed E-state index contributed by atoms with van der Waals surface area (Å²) in [6.07, 6.45) is -0.454. The van der Waals surface area contributed by atoms with Gasteiger partial charge in [-0.3, -0.25) is 0 Å². The number of aliphatic hydroxyl groups is 3. The van der Waals surface area contributed by atoms with E-state index in [-0.39, 0.29) is 11.4 Å². The van der Waals surface area contributed by atoms with Gasteiger partial charge in [-0.15, -0.1) is 11.3 Å². The molecule has 0 spiro atoms. The van der Waals surface area contributed by atoms with Gasteiger partial charge in [0.05, 0.1) is 17.6 Å². The average Bonchev–Trinajstić information content (AvgIpc) is 3.32. The van der Waals surface area contributed by atoms with Crippen LogP contribution in [0.1, 0.15) is 23.5 Å². The number of aromatic nitrogens is 3. The molecule has 2 unspecified atom stereocenters. The molecule has 1 fully saturated rings. The predicted octanol–water partition coefficient (Wildman–Crippen LogP) is 0.442. The van der Waals surface area contributed by atoms with Crippen molar-refractivity contribution in [2.24, 2.45) is 0 Å². The number of carboxylic acids is 1. The van der Waals surface area contributed by atoms with E-state index in [1.807, 2.05) is 0 Å². The minimum absolute atomic E-state index is 0.135. The summed E-state index contributed by atoms with van der Waals surface area (Å²) >= 11 is 1.22. The van der Waals surface area contributed by atoms with Crippen molar-refractivity contribution in [3.05, 3.63) is 29.5 Å². The first-order chi connectivity index (χ1) is 13.3. The molecule has 11 heteroatoms. The van der Waals surface area contributed by atoms with Gasteiger partial charge >= 0.3 is 5.97 Å². The second-order valence-corrected chi connectivity index (χ2v) is 7.70. The molecule has 28 heavy (non-hydrogen) atoms. The quantitative estimate of drug-likeness (QED) is 0.413. The zero-order valence-corrected chi connectivity index (χ0v) is 15.5. The number of thiophene rings is 1. The van der Waals surface area contributed by atoms with Crippen LogP contribution in [0.5, 0.6) is 0 Å². The second-order valence-electron chi connectivity index (χ2n) is 6.79. The fraction of sp³-hybridized carbons (Fsp3) is 0.353. The number of carbonyl (C=O) groups is 1. The lowest BCUT2D eigenvalue weighted by Gasteiger charge is -2.27. The standard InChI is InChI=1S/C17H18N4O6S/c1-17(26)12(23)9(4-22)27-16(17)21-3-8(10-2-7(5-28-10)15(24)25)11-13(18)19-6-20-14(11)21/h2-3,5-6,9,12,16,22-23,26H,4H2,1H3,(H,24,25)(H2,18,19,20)/t9?,12?,16-,17+/m1/s1. The van der Waals surface area contributed by atoms with E-state index in [0.717, 1.165) is 0 Å². The molecule has 0 aliphatic carbocycles. The van der Waals surface area contributed by atoms with Crippen LogP contribution in [0, 0.1) is 0 Å². The molecule has 0 amide bonds. The van der Waals surface area contributed by atoms with Gasteiger partial charge in [-0.25, -0.2) is 14.8 Å². The van der Waals surface area contributed by atoms with Crippen molar-refractivity contribution in [2.75, 3.05) is 12.3 Å². The number of nitrogen functional groups attached to an aromatic ring is 1. The van der Waals surface area contributed by atoms with Gasteiger partial charge in [0.15, 0.2) is 6.23 Å². The van der Waals surface area contributed by atoms with E-state index in [9.17, 15) is 25.2 Å². The monoisotopic (exact) mass is 406 g/mol. The third kappa shape index (κ3) is 2.67. The molecule has 4 atom stereocenters. The molecule has 4 heterocycles. The summed E-state index contributed by atoms with van der Waals surface area (Å²) in [6, 6.07) is 1.51. The third-order valence-corrected chi connectivity index (χ3v) is 5.90. The zero-order chi connectivity index (χ0) is 20.2. The highest BCUT2D eigenvalue weighted by molar-refractivity contribution is 7.14. The molecular formula is C17H18N4O6S. The summed E-state index contributed by atoms with van der Waals surface area (Å²) in [5.74, 6) is -0.868. The van der Waals surface area contributed by atoms with Crippen LogP contribution in [-0.2, 0) is 4.74 Å². The van der Waals surface area contributed by atoms with Crippen molar-refractivity contribution in [2.45, 2.75) is 31.0 Å². The van der Waals surface area contributed by atoms with E-state index < -0.39 is 36.6 Å². The van der Waals surface area contributed by atoms with Gasteiger partial charge in [-0.05, 0) is 13.0 Å². The smallest absolute Gasteiger partial charge is 0.336 e. The van der Waals surface area contributed by atoms with E-state index in [4.69, 9.17) is 10.5 Å². The molecule has 6 N–H and O–H groups in total. The number of nitrogens with two attached hydrogens (primary N) is 1. The second kappa shape index (κ2) is 6.50. The van der Waals surface area contributed by atoms with Crippen molar-refractivity contribution in [3.8, 4) is 10.4 Å². The summed E-state index contributed by atoms with van der Waals surface area (Å²) in [5.41, 5.74) is 5.40. The third-order valence-electron chi connectivity index (χ3n) is 4.94. The average molecular weight is 406 g/mol. The topological polar surface area (TPSA) is 164 Å². The predicted molar refractivity (Wildman–Crippen MR) is 99.8 cm³/mol. The van der Waals surface area contributed by atoms with Crippen molar-refractivity contribution in [1.82, 2.24) is 14.5 Å². The van der Waals surface area contributed by atoms with Crippen LogP contribution in [0.3, 0.4) is 0 Å². The maximum atomic E-state index is 11.2. The number of fused-ring (bicyclic) bond motifs is 1. The van der Waals surface area contributed by atoms with Crippen molar-refractivity contribution in [3.63, 3.8) is 0 Å². The van der Waals surface area contributed by atoms with Gasteiger partial charge in [-0.2, -0.15) is 0 Å². The lowest BCUT2D eigenvalue weighted by Crippen LogP contribution is -2.44. The lowest BCUT2D eigenvalue weighted by molar-refractivity contribution is -0.0948. The van der Waals surface area contributed by atoms with E-state index >= 15 is 0 Å². The molecule has 1 aliphatic rings. The highest BCUT2D eigenvalue weighted by atomic mass is 32.1. The van der Waals surface area contributed by atoms with Crippen LogP contribution in [0.2, 0.25) is 0 Å². The number of aromatic carboxylic acids is 1. The molecule has 0 bridgehead atoms. The van der Waals surface area contributed by atoms with E-state index in [1.54, 1.807) is 6.20 Å². The first kappa shape index (κ1) is 18.8. The van der Waals surface area contributed by atoms with Crippen LogP contribution in [0.15, 0.2) is 24.0 Å². The molecule has 0 saturated carbocycles. The van der Waals surface area contributed by atoms with Crippen LogP contribution in [-0.4, -0.2) is 65.3 Å². The molecule has 10 nitrogen and oxygen atoms in total. The molecule has 148 valence electrons. The summed E-state index contributed by atoms with van der Waals surface area (Å²) in [4.78, 5) is 20.1. The van der Waals surface area contributed by atoms with Crippen molar-refractivity contribution < 1.29 is 30.0 Å². The molecular weight excluding hydrogens is 388 g/mol. The van der Waals surface area contributed by atoms with Crippen LogP contribution in [0.25, 0.3) is 21.5 Å². The maximum absolute atomic E-state index is 11.2. The number of nitrogens with zero attached hydrogens (tertiary/aromatic N) is 3. The first-order valence-corrected chi connectivity index (χ1v) is 9.23. The largest absolute Gasteiger partial charge is 0.478 e. The summed E-state index contributed by atoms with van der Waals surface area (Å²) < 4.78 is 7.20. The van der Waals surface area contributed by atoms with Gasteiger partial charge in [0, 0.05) is 22.0 Å².